The Bertz CT molecular complexity index is 1260. The summed E-state index contributed by atoms with van der Waals surface area (Å²) in [5.41, 5.74) is 0.296. The molecule has 4 rings (SSSR count). The number of nitrogens with zero attached hydrogens (tertiary/aromatic N) is 3. The smallest absolute Gasteiger partial charge is 0.393 e. The van der Waals surface area contributed by atoms with Crippen LogP contribution in [0.5, 0.6) is 0 Å². The van der Waals surface area contributed by atoms with Gasteiger partial charge in [-0.1, -0.05) is 6.07 Å². The van der Waals surface area contributed by atoms with Gasteiger partial charge in [-0.15, -0.1) is 5.10 Å². The van der Waals surface area contributed by atoms with Crippen LogP contribution >= 0.6 is 0 Å². The van der Waals surface area contributed by atoms with Crippen LogP contribution < -0.4 is 5.32 Å². The summed E-state index contributed by atoms with van der Waals surface area (Å²) in [6.45, 7) is -0.552. The van der Waals surface area contributed by atoms with Crippen LogP contribution in [0.15, 0.2) is 60.9 Å². The van der Waals surface area contributed by atoms with E-state index < -0.39 is 30.3 Å². The first-order valence-electron chi connectivity index (χ1n) is 9.40. The minimum absolute atomic E-state index is 0.0508. The van der Waals surface area contributed by atoms with Crippen LogP contribution in [0, 0.1) is 5.82 Å². The van der Waals surface area contributed by atoms with E-state index in [1.807, 2.05) is 0 Å². The maximum absolute atomic E-state index is 14.5. The topological polar surface area (TPSA) is 91.2 Å². The van der Waals surface area contributed by atoms with Crippen molar-refractivity contribution in [1.29, 1.82) is 0 Å². The molecule has 6 nitrogen and oxygen atoms in total. The monoisotopic (exact) mass is 444 g/mol. The lowest BCUT2D eigenvalue weighted by atomic mass is 10.0. The molecule has 0 aliphatic rings. The summed E-state index contributed by atoms with van der Waals surface area (Å²) >= 11 is 0. The SMILES string of the molecule is OC[C@@H](O)c1cnc(-c2ccc3c(Nc4ccc(C(F)(F)F)cc4)nncc3c2)c(F)c1. The molecular weight excluding hydrogens is 428 g/mol. The van der Waals surface area contributed by atoms with Gasteiger partial charge in [0.15, 0.2) is 5.82 Å². The van der Waals surface area contributed by atoms with E-state index in [1.54, 1.807) is 18.2 Å². The second-order valence-electron chi connectivity index (χ2n) is 6.99. The molecule has 0 fully saturated rings. The zero-order valence-corrected chi connectivity index (χ0v) is 16.3. The molecule has 3 N–H and O–H groups in total. The maximum atomic E-state index is 14.5. The van der Waals surface area contributed by atoms with Crippen LogP contribution in [0.25, 0.3) is 22.0 Å². The molecule has 0 radical (unpaired) electrons. The highest BCUT2D eigenvalue weighted by Crippen LogP contribution is 2.32. The number of benzene rings is 2. The van der Waals surface area contributed by atoms with Gasteiger partial charge in [-0.3, -0.25) is 4.98 Å². The van der Waals surface area contributed by atoms with E-state index in [4.69, 9.17) is 5.11 Å². The molecule has 1 atom stereocenters. The summed E-state index contributed by atoms with van der Waals surface area (Å²) in [5.74, 6) is -0.344. The predicted octanol–water partition coefficient (Wildman–Crippen LogP) is 4.62. The largest absolute Gasteiger partial charge is 0.416 e. The quantitative estimate of drug-likeness (QED) is 0.389. The number of hydrogen-bond acceptors (Lipinski definition) is 6. The van der Waals surface area contributed by atoms with Gasteiger partial charge in [-0.2, -0.15) is 18.3 Å². The number of nitrogens with one attached hydrogen (secondary N) is 1. The van der Waals surface area contributed by atoms with Crippen LogP contribution in [0.4, 0.5) is 29.1 Å². The van der Waals surface area contributed by atoms with Gasteiger partial charge < -0.3 is 15.5 Å². The molecule has 0 unspecified atom stereocenters. The van der Waals surface area contributed by atoms with Crippen molar-refractivity contribution in [3.63, 3.8) is 0 Å². The van der Waals surface area contributed by atoms with Crippen LogP contribution in [-0.4, -0.2) is 32.0 Å². The van der Waals surface area contributed by atoms with Crippen molar-refractivity contribution in [2.45, 2.75) is 12.3 Å². The number of pyridine rings is 1. The summed E-state index contributed by atoms with van der Waals surface area (Å²) in [6.07, 6.45) is -2.90. The Morgan fingerprint density at radius 3 is 2.41 bits per heavy atom. The van der Waals surface area contributed by atoms with Crippen molar-refractivity contribution in [2.75, 3.05) is 11.9 Å². The Morgan fingerprint density at radius 1 is 1.00 bits per heavy atom. The molecule has 10 heteroatoms. The number of halogens is 4. The van der Waals surface area contributed by atoms with E-state index in [-0.39, 0.29) is 11.3 Å². The minimum Gasteiger partial charge on any atom is -0.393 e. The zero-order valence-electron chi connectivity index (χ0n) is 16.3. The molecule has 2 heterocycles. The van der Waals surface area contributed by atoms with Crippen molar-refractivity contribution >= 4 is 22.3 Å². The van der Waals surface area contributed by atoms with E-state index in [0.29, 0.717) is 27.8 Å². The van der Waals surface area contributed by atoms with Crippen molar-refractivity contribution < 1.29 is 27.8 Å². The second kappa shape index (κ2) is 8.48. The Labute approximate surface area is 179 Å². The van der Waals surface area contributed by atoms with Gasteiger partial charge in [0, 0.05) is 33.8 Å². The van der Waals surface area contributed by atoms with Crippen LogP contribution in [-0.2, 0) is 6.18 Å². The van der Waals surface area contributed by atoms with Gasteiger partial charge in [0.25, 0.3) is 0 Å². The number of aromatic nitrogens is 3. The molecule has 2 aromatic carbocycles. The van der Waals surface area contributed by atoms with E-state index in [0.717, 1.165) is 18.2 Å². The number of hydrogen-bond donors (Lipinski definition) is 3. The average Bonchev–Trinajstić information content (AvgIpc) is 2.78. The molecule has 0 bridgehead atoms. The molecule has 4 aromatic rings. The van der Waals surface area contributed by atoms with Gasteiger partial charge in [-0.25, -0.2) is 4.39 Å². The molecule has 2 aromatic heterocycles. The molecule has 0 aliphatic carbocycles. The van der Waals surface area contributed by atoms with Crippen LogP contribution in [0.2, 0.25) is 0 Å². The lowest BCUT2D eigenvalue weighted by Gasteiger charge is -2.12. The fourth-order valence-electron chi connectivity index (χ4n) is 3.16. The molecule has 0 saturated carbocycles. The highest BCUT2D eigenvalue weighted by atomic mass is 19.4. The molecule has 32 heavy (non-hydrogen) atoms. The van der Waals surface area contributed by atoms with Crippen molar-refractivity contribution in [3.8, 4) is 11.3 Å². The molecule has 0 aliphatic heterocycles. The average molecular weight is 444 g/mol. The Balaban J connectivity index is 1.64. The van der Waals surface area contributed by atoms with Gasteiger partial charge in [0.05, 0.1) is 18.4 Å². The third-order valence-corrected chi connectivity index (χ3v) is 4.83. The number of aliphatic hydroxyl groups excluding tert-OH is 2. The highest BCUT2D eigenvalue weighted by Gasteiger charge is 2.30. The van der Waals surface area contributed by atoms with E-state index in [1.165, 1.54) is 24.5 Å². The fraction of sp³-hybridized carbons (Fsp3) is 0.136. The molecule has 0 saturated heterocycles. The number of rotatable bonds is 5. The molecule has 0 amide bonds. The lowest BCUT2D eigenvalue weighted by molar-refractivity contribution is -0.137. The van der Waals surface area contributed by atoms with Crippen molar-refractivity contribution in [1.82, 2.24) is 15.2 Å². The summed E-state index contributed by atoms with van der Waals surface area (Å²) in [4.78, 5) is 4.05. The third-order valence-electron chi connectivity index (χ3n) is 4.83. The first-order valence-corrected chi connectivity index (χ1v) is 9.40. The van der Waals surface area contributed by atoms with E-state index in [9.17, 15) is 22.7 Å². The number of aliphatic hydroxyl groups is 2. The summed E-state index contributed by atoms with van der Waals surface area (Å²) in [7, 11) is 0. The molecular formula is C22H16F4N4O2. The molecule has 164 valence electrons. The summed E-state index contributed by atoms with van der Waals surface area (Å²) in [5, 5.41) is 30.7. The standard InChI is InChI=1S/C22H16F4N4O2/c23-18-8-14(19(32)11-31)9-27-20(18)12-1-6-17-13(7-12)10-28-30-21(17)29-16-4-2-15(3-5-16)22(24,25)26/h1-10,19,31-32H,11H2,(H,29,30)/t19-/m1/s1. The Morgan fingerprint density at radius 2 is 1.75 bits per heavy atom. The number of anilines is 2. The number of alkyl halides is 3. The summed E-state index contributed by atoms with van der Waals surface area (Å²) < 4.78 is 52.8. The highest BCUT2D eigenvalue weighted by molar-refractivity contribution is 5.95. The molecule has 0 spiro atoms. The third kappa shape index (κ3) is 4.36. The zero-order chi connectivity index (χ0) is 22.9. The van der Waals surface area contributed by atoms with Crippen LogP contribution in [0.1, 0.15) is 17.2 Å². The Kier molecular flexibility index (Phi) is 5.72. The van der Waals surface area contributed by atoms with Crippen molar-refractivity contribution in [3.05, 3.63) is 77.9 Å². The predicted molar refractivity (Wildman–Crippen MR) is 109 cm³/mol. The number of fused-ring (bicyclic) bond motifs is 1. The van der Waals surface area contributed by atoms with Crippen LogP contribution in [0.3, 0.4) is 0 Å². The van der Waals surface area contributed by atoms with E-state index >= 15 is 0 Å². The normalized spacial score (nSPS) is 12.7. The van der Waals surface area contributed by atoms with Gasteiger partial charge in [-0.05, 0) is 42.5 Å². The first-order chi connectivity index (χ1) is 15.3. The summed E-state index contributed by atoms with van der Waals surface area (Å²) in [6, 6.07) is 10.6. The second-order valence-corrected chi connectivity index (χ2v) is 6.99. The fourth-order valence-corrected chi connectivity index (χ4v) is 3.16. The van der Waals surface area contributed by atoms with Gasteiger partial charge >= 0.3 is 6.18 Å². The first kappa shape index (κ1) is 21.6. The van der Waals surface area contributed by atoms with E-state index in [2.05, 4.69) is 20.5 Å². The lowest BCUT2D eigenvalue weighted by Crippen LogP contribution is -2.05. The van der Waals surface area contributed by atoms with Gasteiger partial charge in [0.1, 0.15) is 17.6 Å². The van der Waals surface area contributed by atoms with Gasteiger partial charge in [0.2, 0.25) is 0 Å². The maximum Gasteiger partial charge on any atom is 0.416 e. The Hall–Kier alpha value is -3.63. The minimum atomic E-state index is -4.42. The van der Waals surface area contributed by atoms with Crippen molar-refractivity contribution in [2.24, 2.45) is 0 Å².